The van der Waals surface area contributed by atoms with Crippen LogP contribution in [0.3, 0.4) is 0 Å². The SMILES string of the molecule is Cc1cccc2c1OC(C(=O)NC1CN(C)NC1=O)C2. The molecule has 20 heavy (non-hydrogen) atoms. The van der Waals surface area contributed by atoms with E-state index in [0.717, 1.165) is 16.9 Å². The first-order valence-electron chi connectivity index (χ1n) is 6.62. The maximum Gasteiger partial charge on any atom is 0.262 e. The number of benzene rings is 1. The van der Waals surface area contributed by atoms with Crippen molar-refractivity contribution in [2.24, 2.45) is 0 Å². The molecule has 2 heterocycles. The van der Waals surface area contributed by atoms with Crippen molar-refractivity contribution in [2.75, 3.05) is 13.6 Å². The molecule has 1 saturated heterocycles. The smallest absolute Gasteiger partial charge is 0.262 e. The molecule has 0 bridgehead atoms. The van der Waals surface area contributed by atoms with Crippen molar-refractivity contribution in [1.82, 2.24) is 15.8 Å². The molecule has 1 fully saturated rings. The number of nitrogens with one attached hydrogen (secondary N) is 2. The van der Waals surface area contributed by atoms with E-state index >= 15 is 0 Å². The molecule has 0 radical (unpaired) electrons. The summed E-state index contributed by atoms with van der Waals surface area (Å²) in [6.07, 6.45) is -0.00247. The highest BCUT2D eigenvalue weighted by Crippen LogP contribution is 2.31. The molecule has 1 aromatic rings. The first-order valence-corrected chi connectivity index (χ1v) is 6.62. The molecule has 3 rings (SSSR count). The Balaban J connectivity index is 1.66. The second kappa shape index (κ2) is 4.79. The Morgan fingerprint density at radius 1 is 1.50 bits per heavy atom. The maximum absolute atomic E-state index is 12.2. The van der Waals surface area contributed by atoms with Crippen LogP contribution in [0.2, 0.25) is 0 Å². The van der Waals surface area contributed by atoms with Gasteiger partial charge in [-0.05, 0) is 18.1 Å². The Kier molecular flexibility index (Phi) is 3.10. The number of para-hydroxylation sites is 1. The van der Waals surface area contributed by atoms with Crippen LogP contribution < -0.4 is 15.5 Å². The van der Waals surface area contributed by atoms with Crippen LogP contribution in [0.4, 0.5) is 0 Å². The van der Waals surface area contributed by atoms with Gasteiger partial charge in [0.1, 0.15) is 11.8 Å². The molecule has 0 saturated carbocycles. The quantitative estimate of drug-likeness (QED) is 0.781. The van der Waals surface area contributed by atoms with E-state index in [-0.39, 0.29) is 11.8 Å². The first kappa shape index (κ1) is 12.9. The minimum Gasteiger partial charge on any atom is -0.480 e. The number of fused-ring (bicyclic) bond motifs is 1. The van der Waals surface area contributed by atoms with Crippen molar-refractivity contribution in [1.29, 1.82) is 0 Å². The molecule has 2 unspecified atom stereocenters. The number of nitrogens with zero attached hydrogens (tertiary/aromatic N) is 1. The standard InChI is InChI=1S/C14H17N3O3/c1-8-4-3-5-9-6-11(20-12(8)9)14(19)15-10-7-17(2)16-13(10)18/h3-5,10-11H,6-7H2,1-2H3,(H,15,19)(H,16,18). The minimum atomic E-state index is -0.551. The Morgan fingerprint density at radius 3 is 2.95 bits per heavy atom. The fourth-order valence-corrected chi connectivity index (χ4v) is 2.62. The van der Waals surface area contributed by atoms with E-state index in [0.29, 0.717) is 13.0 Å². The highest BCUT2D eigenvalue weighted by Gasteiger charge is 2.35. The lowest BCUT2D eigenvalue weighted by Crippen LogP contribution is -2.47. The monoisotopic (exact) mass is 275 g/mol. The fraction of sp³-hybridized carbons (Fsp3) is 0.429. The van der Waals surface area contributed by atoms with Crippen LogP contribution >= 0.6 is 0 Å². The topological polar surface area (TPSA) is 70.7 Å². The predicted molar refractivity (Wildman–Crippen MR) is 72.0 cm³/mol. The van der Waals surface area contributed by atoms with Crippen LogP contribution in [0.5, 0.6) is 5.75 Å². The number of hydrazine groups is 1. The molecule has 1 aromatic carbocycles. The van der Waals surface area contributed by atoms with E-state index in [1.54, 1.807) is 12.1 Å². The van der Waals surface area contributed by atoms with Gasteiger partial charge in [0, 0.05) is 20.0 Å². The van der Waals surface area contributed by atoms with E-state index in [4.69, 9.17) is 4.74 Å². The van der Waals surface area contributed by atoms with Gasteiger partial charge in [0.2, 0.25) is 0 Å². The zero-order valence-corrected chi connectivity index (χ0v) is 11.5. The van der Waals surface area contributed by atoms with Crippen molar-refractivity contribution in [3.8, 4) is 5.75 Å². The molecule has 6 heteroatoms. The molecular weight excluding hydrogens is 258 g/mol. The summed E-state index contributed by atoms with van der Waals surface area (Å²) < 4.78 is 5.71. The number of rotatable bonds is 2. The van der Waals surface area contributed by atoms with Crippen molar-refractivity contribution in [3.63, 3.8) is 0 Å². The Bertz CT molecular complexity index is 573. The Labute approximate surface area is 117 Å². The lowest BCUT2D eigenvalue weighted by atomic mass is 10.1. The summed E-state index contributed by atoms with van der Waals surface area (Å²) in [5.74, 6) is 0.365. The molecule has 6 nitrogen and oxygen atoms in total. The summed E-state index contributed by atoms with van der Waals surface area (Å²) in [6.45, 7) is 2.42. The first-order chi connectivity index (χ1) is 9.54. The average molecular weight is 275 g/mol. The van der Waals surface area contributed by atoms with E-state index in [1.165, 1.54) is 0 Å². The summed E-state index contributed by atoms with van der Waals surface area (Å²) in [4.78, 5) is 23.8. The number of hydrogen-bond acceptors (Lipinski definition) is 4. The van der Waals surface area contributed by atoms with E-state index < -0.39 is 12.1 Å². The molecule has 2 N–H and O–H groups in total. The van der Waals surface area contributed by atoms with Gasteiger partial charge in [-0.1, -0.05) is 18.2 Å². The van der Waals surface area contributed by atoms with Crippen LogP contribution in [0.15, 0.2) is 18.2 Å². The lowest BCUT2D eigenvalue weighted by Gasteiger charge is -2.14. The molecular formula is C14H17N3O3. The zero-order valence-electron chi connectivity index (χ0n) is 11.5. The van der Waals surface area contributed by atoms with Gasteiger partial charge in [0.15, 0.2) is 6.10 Å². The molecule has 106 valence electrons. The zero-order chi connectivity index (χ0) is 14.3. The molecule has 2 aliphatic heterocycles. The molecule has 0 aromatic heterocycles. The lowest BCUT2D eigenvalue weighted by molar-refractivity contribution is -0.131. The van der Waals surface area contributed by atoms with Gasteiger partial charge >= 0.3 is 0 Å². The summed E-state index contributed by atoms with van der Waals surface area (Å²) in [6, 6.07) is 5.36. The summed E-state index contributed by atoms with van der Waals surface area (Å²) in [5.41, 5.74) is 4.69. The predicted octanol–water partition coefficient (Wildman–Crippen LogP) is -0.240. The van der Waals surface area contributed by atoms with Crippen molar-refractivity contribution in [2.45, 2.75) is 25.5 Å². The van der Waals surface area contributed by atoms with Gasteiger partial charge in [0.25, 0.3) is 11.8 Å². The number of amides is 2. The summed E-state index contributed by atoms with van der Waals surface area (Å²) in [7, 11) is 1.76. The van der Waals surface area contributed by atoms with Crippen LogP contribution in [-0.2, 0) is 16.0 Å². The summed E-state index contributed by atoms with van der Waals surface area (Å²) in [5, 5.41) is 4.39. The van der Waals surface area contributed by atoms with E-state index in [1.807, 2.05) is 25.1 Å². The molecule has 2 atom stereocenters. The van der Waals surface area contributed by atoms with Crippen molar-refractivity contribution < 1.29 is 14.3 Å². The maximum atomic E-state index is 12.2. The Morgan fingerprint density at radius 2 is 2.30 bits per heavy atom. The molecule has 2 amide bonds. The van der Waals surface area contributed by atoms with Gasteiger partial charge < -0.3 is 10.1 Å². The second-order valence-electron chi connectivity index (χ2n) is 5.29. The normalized spacial score (nSPS) is 25.0. The van der Waals surface area contributed by atoms with Gasteiger partial charge in [0.05, 0.1) is 0 Å². The van der Waals surface area contributed by atoms with E-state index in [9.17, 15) is 9.59 Å². The number of carbonyl (C=O) groups is 2. The van der Waals surface area contributed by atoms with Crippen LogP contribution in [0, 0.1) is 6.92 Å². The number of carbonyl (C=O) groups excluding carboxylic acids is 2. The van der Waals surface area contributed by atoms with Gasteiger partial charge in [-0.15, -0.1) is 0 Å². The highest BCUT2D eigenvalue weighted by atomic mass is 16.5. The van der Waals surface area contributed by atoms with Crippen LogP contribution in [0.1, 0.15) is 11.1 Å². The fourth-order valence-electron chi connectivity index (χ4n) is 2.62. The molecule has 0 spiro atoms. The molecule has 2 aliphatic rings. The average Bonchev–Trinajstić information content (AvgIpc) is 2.94. The number of ether oxygens (including phenoxy) is 1. The summed E-state index contributed by atoms with van der Waals surface area (Å²) >= 11 is 0. The largest absolute Gasteiger partial charge is 0.480 e. The number of likely N-dealkylation sites (N-methyl/N-ethyl adjacent to an activating group) is 1. The third kappa shape index (κ3) is 2.22. The van der Waals surface area contributed by atoms with Crippen LogP contribution in [0.25, 0.3) is 0 Å². The number of aryl methyl sites for hydroxylation is 1. The van der Waals surface area contributed by atoms with Crippen LogP contribution in [-0.4, -0.2) is 42.6 Å². The van der Waals surface area contributed by atoms with Gasteiger partial charge in [-0.25, -0.2) is 5.01 Å². The highest BCUT2D eigenvalue weighted by molar-refractivity contribution is 5.91. The minimum absolute atomic E-state index is 0.187. The number of hydrogen-bond donors (Lipinski definition) is 2. The third-order valence-corrected chi connectivity index (χ3v) is 3.64. The van der Waals surface area contributed by atoms with Crippen molar-refractivity contribution in [3.05, 3.63) is 29.3 Å². The van der Waals surface area contributed by atoms with Crippen molar-refractivity contribution >= 4 is 11.8 Å². The van der Waals surface area contributed by atoms with E-state index in [2.05, 4.69) is 10.7 Å². The molecule has 0 aliphatic carbocycles. The second-order valence-corrected chi connectivity index (χ2v) is 5.29. The third-order valence-electron chi connectivity index (χ3n) is 3.64. The van der Waals surface area contributed by atoms with Gasteiger partial charge in [-0.3, -0.25) is 15.0 Å². The van der Waals surface area contributed by atoms with Gasteiger partial charge in [-0.2, -0.15) is 0 Å². The Hall–Kier alpha value is -2.08.